The SMILES string of the molecule is CC(C)(C)C1CCc2c(sc(NC(=O)Cc3coc4ccc(Cl)cc34)c2C(=O)NC2CCS(=O)(=O)C2)C1. The number of rotatable bonds is 5. The normalized spacial score (nSPS) is 21.1. The van der Waals surface area contributed by atoms with E-state index in [1.807, 2.05) is 0 Å². The number of carbonyl (C=O) groups is 2. The van der Waals surface area contributed by atoms with Crippen LogP contribution in [-0.4, -0.2) is 37.8 Å². The highest BCUT2D eigenvalue weighted by atomic mass is 35.5. The first-order valence-electron chi connectivity index (χ1n) is 12.5. The Morgan fingerprint density at radius 1 is 1.22 bits per heavy atom. The van der Waals surface area contributed by atoms with Gasteiger partial charge in [0.15, 0.2) is 9.84 Å². The molecule has 1 fully saturated rings. The maximum absolute atomic E-state index is 13.5. The van der Waals surface area contributed by atoms with Gasteiger partial charge in [-0.3, -0.25) is 9.59 Å². The lowest BCUT2D eigenvalue weighted by atomic mass is 9.72. The van der Waals surface area contributed by atoms with Crippen molar-refractivity contribution >= 4 is 60.6 Å². The van der Waals surface area contributed by atoms with Crippen LogP contribution in [0.3, 0.4) is 0 Å². The van der Waals surface area contributed by atoms with E-state index in [1.165, 1.54) is 11.3 Å². The molecule has 2 aliphatic rings. The van der Waals surface area contributed by atoms with Gasteiger partial charge >= 0.3 is 0 Å². The smallest absolute Gasteiger partial charge is 0.254 e. The zero-order valence-corrected chi connectivity index (χ0v) is 23.5. The maximum atomic E-state index is 13.5. The summed E-state index contributed by atoms with van der Waals surface area (Å²) in [5, 5.41) is 7.77. The van der Waals surface area contributed by atoms with Gasteiger partial charge in [0.25, 0.3) is 5.91 Å². The summed E-state index contributed by atoms with van der Waals surface area (Å²) in [7, 11) is -3.13. The van der Waals surface area contributed by atoms with Crippen molar-refractivity contribution in [2.45, 2.75) is 58.9 Å². The molecular formula is C27H31ClN2O5S2. The van der Waals surface area contributed by atoms with Gasteiger partial charge in [0.2, 0.25) is 5.91 Å². The zero-order chi connectivity index (χ0) is 26.5. The largest absolute Gasteiger partial charge is 0.464 e. The molecule has 0 bridgehead atoms. The van der Waals surface area contributed by atoms with Gasteiger partial charge in [-0.05, 0) is 60.8 Å². The van der Waals surface area contributed by atoms with E-state index in [0.717, 1.165) is 35.1 Å². The number of anilines is 1. The molecule has 0 saturated carbocycles. The first kappa shape index (κ1) is 26.3. The molecule has 37 heavy (non-hydrogen) atoms. The van der Waals surface area contributed by atoms with Gasteiger partial charge in [0.1, 0.15) is 10.6 Å². The van der Waals surface area contributed by atoms with E-state index < -0.39 is 15.9 Å². The molecule has 1 aliphatic carbocycles. The van der Waals surface area contributed by atoms with Crippen LogP contribution in [0.5, 0.6) is 0 Å². The average molecular weight is 563 g/mol. The molecule has 10 heteroatoms. The number of carbonyl (C=O) groups excluding carboxylic acids is 2. The van der Waals surface area contributed by atoms with Crippen LogP contribution < -0.4 is 10.6 Å². The van der Waals surface area contributed by atoms with Crippen LogP contribution in [0.1, 0.15) is 60.0 Å². The number of benzene rings is 1. The lowest BCUT2D eigenvalue weighted by molar-refractivity contribution is -0.115. The van der Waals surface area contributed by atoms with Gasteiger partial charge in [-0.2, -0.15) is 0 Å². The molecule has 0 spiro atoms. The summed E-state index contributed by atoms with van der Waals surface area (Å²) in [6.45, 7) is 6.69. The van der Waals surface area contributed by atoms with E-state index in [9.17, 15) is 18.0 Å². The van der Waals surface area contributed by atoms with E-state index in [-0.39, 0.29) is 35.2 Å². The molecule has 2 amide bonds. The molecule has 3 aromatic rings. The molecule has 2 aromatic heterocycles. The minimum atomic E-state index is -3.13. The van der Waals surface area contributed by atoms with Gasteiger partial charge in [0.05, 0.1) is 29.8 Å². The predicted molar refractivity (Wildman–Crippen MR) is 147 cm³/mol. The Balaban J connectivity index is 1.42. The van der Waals surface area contributed by atoms with Crippen LogP contribution >= 0.6 is 22.9 Å². The fourth-order valence-electron chi connectivity index (χ4n) is 5.35. The second-order valence-corrected chi connectivity index (χ2v) is 15.0. The van der Waals surface area contributed by atoms with Gasteiger partial charge < -0.3 is 15.1 Å². The molecule has 7 nitrogen and oxygen atoms in total. The Morgan fingerprint density at radius 3 is 2.70 bits per heavy atom. The van der Waals surface area contributed by atoms with E-state index in [2.05, 4.69) is 31.4 Å². The van der Waals surface area contributed by atoms with Gasteiger partial charge in [0, 0.05) is 26.9 Å². The summed E-state index contributed by atoms with van der Waals surface area (Å²) in [6.07, 6.45) is 4.60. The molecule has 0 radical (unpaired) electrons. The number of halogens is 1. The van der Waals surface area contributed by atoms with Crippen molar-refractivity contribution in [3.63, 3.8) is 0 Å². The third-order valence-corrected chi connectivity index (χ3v) is 10.7. The summed E-state index contributed by atoms with van der Waals surface area (Å²) in [5.74, 6) is -0.0651. The number of fused-ring (bicyclic) bond motifs is 2. The highest BCUT2D eigenvalue weighted by molar-refractivity contribution is 7.91. The number of sulfone groups is 1. The number of hydrogen-bond acceptors (Lipinski definition) is 6. The third-order valence-electron chi connectivity index (χ3n) is 7.50. The number of furan rings is 1. The summed E-state index contributed by atoms with van der Waals surface area (Å²) < 4.78 is 29.4. The Labute approximate surface area is 225 Å². The maximum Gasteiger partial charge on any atom is 0.254 e. The first-order valence-corrected chi connectivity index (χ1v) is 15.5. The molecule has 1 aliphatic heterocycles. The average Bonchev–Trinajstić information content (AvgIpc) is 3.47. The molecule has 2 atom stereocenters. The van der Waals surface area contributed by atoms with Crippen molar-refractivity contribution in [3.05, 3.63) is 51.1 Å². The first-order chi connectivity index (χ1) is 17.4. The third kappa shape index (κ3) is 5.59. The van der Waals surface area contributed by atoms with E-state index in [4.69, 9.17) is 16.0 Å². The van der Waals surface area contributed by atoms with Crippen molar-refractivity contribution in [3.8, 4) is 0 Å². The monoisotopic (exact) mass is 562 g/mol. The highest BCUT2D eigenvalue weighted by Crippen LogP contribution is 2.44. The molecule has 1 saturated heterocycles. The summed E-state index contributed by atoms with van der Waals surface area (Å²) in [4.78, 5) is 27.8. The summed E-state index contributed by atoms with van der Waals surface area (Å²) in [6, 6.07) is 4.86. The molecule has 5 rings (SSSR count). The van der Waals surface area contributed by atoms with Crippen LogP contribution in [-0.2, 0) is 33.9 Å². The van der Waals surface area contributed by atoms with Gasteiger partial charge in [-0.25, -0.2) is 8.42 Å². The van der Waals surface area contributed by atoms with Crippen molar-refractivity contribution in [1.29, 1.82) is 0 Å². The standard InChI is InChI=1S/C27H31ClN2O5S2/c1-27(2,3)16-4-6-19-22(11-16)36-26(24(19)25(32)29-18-8-9-37(33,34)14-18)30-23(31)10-15-13-35-21-7-5-17(28)12-20(15)21/h5,7,12-13,16,18H,4,6,8-11,14H2,1-3H3,(H,29,32)(H,30,31). The fourth-order valence-corrected chi connectivity index (χ4v) is 8.54. The van der Waals surface area contributed by atoms with E-state index in [1.54, 1.807) is 24.5 Å². The molecule has 198 valence electrons. The minimum Gasteiger partial charge on any atom is -0.464 e. The van der Waals surface area contributed by atoms with Crippen molar-refractivity contribution in [2.24, 2.45) is 11.3 Å². The fraction of sp³-hybridized carbons (Fsp3) is 0.481. The Bertz CT molecular complexity index is 1480. The van der Waals surface area contributed by atoms with E-state index in [0.29, 0.717) is 39.1 Å². The number of amides is 2. The van der Waals surface area contributed by atoms with Crippen LogP contribution in [0.2, 0.25) is 5.02 Å². The lowest BCUT2D eigenvalue weighted by Crippen LogP contribution is -2.36. The minimum absolute atomic E-state index is 0.0466. The van der Waals surface area contributed by atoms with Crippen LogP contribution in [0, 0.1) is 11.3 Å². The van der Waals surface area contributed by atoms with Crippen molar-refractivity contribution in [2.75, 3.05) is 16.8 Å². The van der Waals surface area contributed by atoms with Crippen molar-refractivity contribution in [1.82, 2.24) is 5.32 Å². The lowest BCUT2D eigenvalue weighted by Gasteiger charge is -2.33. The predicted octanol–water partition coefficient (Wildman–Crippen LogP) is 5.40. The molecule has 2 N–H and O–H groups in total. The molecular weight excluding hydrogens is 532 g/mol. The quantitative estimate of drug-likeness (QED) is 0.433. The molecule has 2 unspecified atom stereocenters. The van der Waals surface area contributed by atoms with Gasteiger partial charge in [-0.15, -0.1) is 11.3 Å². The summed E-state index contributed by atoms with van der Waals surface area (Å²) >= 11 is 7.60. The van der Waals surface area contributed by atoms with Crippen LogP contribution in [0.15, 0.2) is 28.9 Å². The number of hydrogen-bond donors (Lipinski definition) is 2. The van der Waals surface area contributed by atoms with E-state index >= 15 is 0 Å². The topological polar surface area (TPSA) is 105 Å². The van der Waals surface area contributed by atoms with Crippen LogP contribution in [0.4, 0.5) is 5.00 Å². The highest BCUT2D eigenvalue weighted by Gasteiger charge is 2.36. The van der Waals surface area contributed by atoms with Crippen molar-refractivity contribution < 1.29 is 22.4 Å². The van der Waals surface area contributed by atoms with Crippen LogP contribution in [0.25, 0.3) is 11.0 Å². The Kier molecular flexibility index (Phi) is 6.92. The Morgan fingerprint density at radius 2 is 2.00 bits per heavy atom. The second-order valence-electron chi connectivity index (χ2n) is 11.2. The number of nitrogens with one attached hydrogen (secondary N) is 2. The second kappa shape index (κ2) is 9.75. The number of thiophene rings is 1. The molecule has 1 aromatic carbocycles. The molecule has 3 heterocycles. The van der Waals surface area contributed by atoms with Gasteiger partial charge in [-0.1, -0.05) is 32.4 Å². The Hall–Kier alpha value is -2.36. The summed E-state index contributed by atoms with van der Waals surface area (Å²) in [5.41, 5.74) is 2.95. The zero-order valence-electron chi connectivity index (χ0n) is 21.1.